The van der Waals surface area contributed by atoms with E-state index in [4.69, 9.17) is 0 Å². The lowest BCUT2D eigenvalue weighted by Crippen LogP contribution is -2.45. The molecule has 0 bridgehead atoms. The number of amides is 1. The maximum atomic E-state index is 14.8. The Hall–Kier alpha value is -3.13. The molecule has 182 valence electrons. The number of hydrogen-bond donors (Lipinski definition) is 2. The van der Waals surface area contributed by atoms with E-state index < -0.39 is 46.7 Å². The third-order valence-electron chi connectivity index (χ3n) is 5.41. The first kappa shape index (κ1) is 24.0. The molecule has 0 spiro atoms. The molecular formula is C20H21F4N7O2S. The lowest BCUT2D eigenvalue weighted by atomic mass is 9.94. The summed E-state index contributed by atoms with van der Waals surface area (Å²) in [4.78, 5) is 20.6. The van der Waals surface area contributed by atoms with Gasteiger partial charge >= 0.3 is 6.18 Å². The Morgan fingerprint density at radius 3 is 2.74 bits per heavy atom. The summed E-state index contributed by atoms with van der Waals surface area (Å²) in [6.45, 7) is 2.78. The minimum atomic E-state index is -4.62. The van der Waals surface area contributed by atoms with Crippen molar-refractivity contribution < 1.29 is 26.6 Å². The maximum Gasteiger partial charge on any atom is 0.435 e. The van der Waals surface area contributed by atoms with Crippen LogP contribution in [0.2, 0.25) is 0 Å². The average molecular weight is 499 g/mol. The van der Waals surface area contributed by atoms with Gasteiger partial charge in [0.2, 0.25) is 5.91 Å². The number of alkyl halides is 3. The third-order valence-corrected chi connectivity index (χ3v) is 6.75. The zero-order chi connectivity index (χ0) is 24.7. The molecule has 3 aromatic heterocycles. The second kappa shape index (κ2) is 8.91. The van der Waals surface area contributed by atoms with Gasteiger partial charge < -0.3 is 5.32 Å². The van der Waals surface area contributed by atoms with Crippen molar-refractivity contribution in [3.63, 3.8) is 0 Å². The first-order chi connectivity index (χ1) is 15.9. The lowest BCUT2D eigenvalue weighted by molar-refractivity contribution is -0.141. The second-order valence-corrected chi connectivity index (χ2v) is 9.46. The number of aromatic nitrogens is 5. The largest absolute Gasteiger partial charge is 0.435 e. The first-order valence-electron chi connectivity index (χ1n) is 10.2. The normalized spacial score (nSPS) is 20.9. The fourth-order valence-corrected chi connectivity index (χ4v) is 4.87. The van der Waals surface area contributed by atoms with Crippen molar-refractivity contribution in [3.05, 3.63) is 53.8 Å². The van der Waals surface area contributed by atoms with Gasteiger partial charge in [-0.05, 0) is 32.8 Å². The van der Waals surface area contributed by atoms with Crippen LogP contribution in [0.4, 0.5) is 23.2 Å². The molecule has 4 rings (SSSR count). The van der Waals surface area contributed by atoms with Crippen LogP contribution in [0.5, 0.6) is 0 Å². The molecule has 4 heterocycles. The van der Waals surface area contributed by atoms with Crippen LogP contribution in [0.1, 0.15) is 36.8 Å². The van der Waals surface area contributed by atoms with E-state index in [-0.39, 0.29) is 17.2 Å². The van der Waals surface area contributed by atoms with Gasteiger partial charge in [-0.3, -0.25) is 14.0 Å². The predicted molar refractivity (Wildman–Crippen MR) is 115 cm³/mol. The Labute approximate surface area is 194 Å². The van der Waals surface area contributed by atoms with Gasteiger partial charge in [-0.1, -0.05) is 0 Å². The van der Waals surface area contributed by atoms with Crippen molar-refractivity contribution >= 4 is 22.6 Å². The number of hydrogen-bond acceptors (Lipinski definition) is 5. The molecule has 14 heteroatoms. The number of anilines is 1. The SMILES string of the molecule is Cc1cc(C(F)(F)F)nn1CC(=O)Nc1cnc(-n2cnc(C3(C)CCCS(=O)N3)c2)c(F)c1. The van der Waals surface area contributed by atoms with Gasteiger partial charge in [-0.25, -0.2) is 23.3 Å². The van der Waals surface area contributed by atoms with E-state index in [1.807, 2.05) is 6.92 Å². The van der Waals surface area contributed by atoms with Crippen LogP contribution in [0, 0.1) is 12.7 Å². The summed E-state index contributed by atoms with van der Waals surface area (Å²) in [5.41, 5.74) is -0.938. The van der Waals surface area contributed by atoms with Crippen LogP contribution in [0.25, 0.3) is 5.82 Å². The summed E-state index contributed by atoms with van der Waals surface area (Å²) in [6, 6.07) is 1.89. The molecule has 0 aromatic carbocycles. The van der Waals surface area contributed by atoms with Crippen molar-refractivity contribution in [2.75, 3.05) is 11.1 Å². The first-order valence-corrected chi connectivity index (χ1v) is 11.5. The number of rotatable bonds is 5. The van der Waals surface area contributed by atoms with Crippen molar-refractivity contribution in [1.29, 1.82) is 0 Å². The van der Waals surface area contributed by atoms with E-state index in [0.717, 1.165) is 29.7 Å². The highest BCUT2D eigenvalue weighted by molar-refractivity contribution is 7.83. The van der Waals surface area contributed by atoms with Crippen molar-refractivity contribution in [2.24, 2.45) is 0 Å². The number of aryl methyl sites for hydroxylation is 1. The van der Waals surface area contributed by atoms with Crippen LogP contribution in [0.15, 0.2) is 30.9 Å². The molecule has 0 aliphatic carbocycles. The average Bonchev–Trinajstić information content (AvgIpc) is 3.36. The van der Waals surface area contributed by atoms with Gasteiger partial charge in [0.25, 0.3) is 0 Å². The van der Waals surface area contributed by atoms with E-state index in [0.29, 0.717) is 11.4 Å². The number of carbonyl (C=O) groups excluding carboxylic acids is 1. The van der Waals surface area contributed by atoms with E-state index in [9.17, 15) is 26.6 Å². The Balaban J connectivity index is 1.46. The van der Waals surface area contributed by atoms with Gasteiger partial charge in [0.15, 0.2) is 17.3 Å². The molecule has 3 aromatic rings. The molecule has 9 nitrogen and oxygen atoms in total. The van der Waals surface area contributed by atoms with Crippen LogP contribution in [-0.4, -0.2) is 40.2 Å². The van der Waals surface area contributed by atoms with Crippen molar-refractivity contribution in [1.82, 2.24) is 29.0 Å². The number of nitrogens with one attached hydrogen (secondary N) is 2. The Morgan fingerprint density at radius 1 is 1.32 bits per heavy atom. The maximum absolute atomic E-state index is 14.8. The molecule has 1 saturated heterocycles. The van der Waals surface area contributed by atoms with Gasteiger partial charge in [-0.15, -0.1) is 0 Å². The standard InChI is InChI=1S/C20H21F4N7O2S/c1-12-6-15(20(22,23)24)28-31(12)10-17(32)27-13-7-14(21)18(25-8-13)30-9-16(26-11-30)19(2)4-3-5-34(33)29-19/h6-9,11,29H,3-5,10H2,1-2H3,(H,27,32). The lowest BCUT2D eigenvalue weighted by Gasteiger charge is -2.32. The van der Waals surface area contributed by atoms with Crippen LogP contribution >= 0.6 is 0 Å². The summed E-state index contributed by atoms with van der Waals surface area (Å²) < 4.78 is 70.3. The summed E-state index contributed by atoms with van der Waals surface area (Å²) >= 11 is 0. The zero-order valence-electron chi connectivity index (χ0n) is 18.2. The van der Waals surface area contributed by atoms with E-state index >= 15 is 0 Å². The molecule has 2 unspecified atom stereocenters. The second-order valence-electron chi connectivity index (χ2n) is 8.16. The summed E-state index contributed by atoms with van der Waals surface area (Å²) in [5.74, 6) is -0.942. The molecular weight excluding hydrogens is 478 g/mol. The minimum Gasteiger partial charge on any atom is -0.323 e. The number of carbonyl (C=O) groups is 1. The van der Waals surface area contributed by atoms with Gasteiger partial charge in [-0.2, -0.15) is 18.3 Å². The summed E-state index contributed by atoms with van der Waals surface area (Å²) in [6.07, 6.45) is 1.07. The van der Waals surface area contributed by atoms with Crippen molar-refractivity contribution in [2.45, 2.75) is 44.9 Å². The molecule has 2 atom stereocenters. The van der Waals surface area contributed by atoms with Crippen LogP contribution < -0.4 is 10.0 Å². The zero-order valence-corrected chi connectivity index (χ0v) is 19.0. The van der Waals surface area contributed by atoms with Crippen LogP contribution in [-0.2, 0) is 34.0 Å². The summed E-state index contributed by atoms with van der Waals surface area (Å²) in [5, 5.41) is 5.79. The molecule has 34 heavy (non-hydrogen) atoms. The molecule has 1 aliphatic heterocycles. The number of pyridine rings is 1. The number of nitrogens with zero attached hydrogens (tertiary/aromatic N) is 5. The minimum absolute atomic E-state index is 0.0312. The Kier molecular flexibility index (Phi) is 6.29. The van der Waals surface area contributed by atoms with E-state index in [1.165, 1.54) is 24.0 Å². The molecule has 0 radical (unpaired) electrons. The Morgan fingerprint density at radius 2 is 2.09 bits per heavy atom. The number of halogens is 4. The fraction of sp³-hybridized carbons (Fsp3) is 0.400. The fourth-order valence-electron chi connectivity index (χ4n) is 3.65. The predicted octanol–water partition coefficient (Wildman–Crippen LogP) is 2.83. The van der Waals surface area contributed by atoms with E-state index in [2.05, 4.69) is 25.1 Å². The van der Waals surface area contributed by atoms with Crippen molar-refractivity contribution in [3.8, 4) is 5.82 Å². The smallest absolute Gasteiger partial charge is 0.323 e. The van der Waals surface area contributed by atoms with E-state index in [1.54, 1.807) is 6.20 Å². The van der Waals surface area contributed by atoms with Crippen LogP contribution in [0.3, 0.4) is 0 Å². The van der Waals surface area contributed by atoms with Gasteiger partial charge in [0.05, 0.1) is 34.1 Å². The highest BCUT2D eigenvalue weighted by Crippen LogP contribution is 2.30. The van der Waals surface area contributed by atoms with Gasteiger partial charge in [0.1, 0.15) is 12.9 Å². The molecule has 1 fully saturated rings. The highest BCUT2D eigenvalue weighted by Gasteiger charge is 2.35. The third kappa shape index (κ3) is 5.01. The molecule has 2 N–H and O–H groups in total. The van der Waals surface area contributed by atoms with Gasteiger partial charge in [0, 0.05) is 23.7 Å². The topological polar surface area (TPSA) is 107 Å². The molecule has 0 saturated carbocycles. The number of imidazole rings is 1. The quantitative estimate of drug-likeness (QED) is 0.525. The molecule has 1 aliphatic rings. The Bertz CT molecular complexity index is 1260. The summed E-state index contributed by atoms with van der Waals surface area (Å²) in [7, 11) is -1.17. The molecule has 1 amide bonds. The highest BCUT2D eigenvalue weighted by atomic mass is 32.2. The monoisotopic (exact) mass is 499 g/mol.